The first kappa shape index (κ1) is 42.8. The van der Waals surface area contributed by atoms with Crippen LogP contribution >= 0.6 is 11.8 Å². The summed E-state index contributed by atoms with van der Waals surface area (Å²) in [6, 6.07) is 15.0. The summed E-state index contributed by atoms with van der Waals surface area (Å²) < 4.78 is 58.3. The van der Waals surface area contributed by atoms with Crippen LogP contribution in [0.25, 0.3) is 10.4 Å². The molecule has 2 aromatic carbocycles. The van der Waals surface area contributed by atoms with Crippen molar-refractivity contribution < 1.29 is 71.3 Å². The monoisotopic (exact) mass is 789 g/mol. The van der Waals surface area contributed by atoms with Gasteiger partial charge in [0, 0.05) is 44.4 Å². The molecule has 10 atom stereocenters. The van der Waals surface area contributed by atoms with Crippen molar-refractivity contribution in [3.63, 3.8) is 0 Å². The molecule has 0 unspecified atom stereocenters. The number of carbonyl (C=O) groups excluding carboxylic acids is 5. The zero-order chi connectivity index (χ0) is 40.1. The van der Waals surface area contributed by atoms with E-state index in [1.165, 1.54) is 25.8 Å². The van der Waals surface area contributed by atoms with Crippen LogP contribution in [-0.2, 0) is 73.2 Å². The normalized spacial score (nSPS) is 27.4. The Balaban J connectivity index is 1.83. The molecular weight excluding hydrogens is 746 g/mol. The maximum atomic E-state index is 12.5. The molecule has 0 aromatic heterocycles. The van der Waals surface area contributed by atoms with Crippen molar-refractivity contribution >= 4 is 41.6 Å². The Kier molecular flexibility index (Phi) is 16.1. The maximum Gasteiger partial charge on any atom is 0.303 e. The van der Waals surface area contributed by atoms with E-state index in [0.29, 0.717) is 11.3 Å². The topological polar surface area (TPSA) is 226 Å². The molecule has 0 aliphatic carbocycles. The molecule has 55 heavy (non-hydrogen) atoms. The summed E-state index contributed by atoms with van der Waals surface area (Å²) in [4.78, 5) is 65.1. The van der Waals surface area contributed by atoms with Gasteiger partial charge in [-0.3, -0.25) is 24.0 Å². The van der Waals surface area contributed by atoms with Gasteiger partial charge in [-0.2, -0.15) is 0 Å². The van der Waals surface area contributed by atoms with Crippen LogP contribution in [0.2, 0.25) is 0 Å². The van der Waals surface area contributed by atoms with Gasteiger partial charge >= 0.3 is 29.8 Å². The first-order chi connectivity index (χ1) is 26.3. The average Bonchev–Trinajstić information content (AvgIpc) is 3.13. The highest BCUT2D eigenvalue weighted by Gasteiger charge is 2.56. The first-order valence-corrected chi connectivity index (χ1v) is 17.9. The van der Waals surface area contributed by atoms with Crippen LogP contribution in [0.5, 0.6) is 5.75 Å². The van der Waals surface area contributed by atoms with Gasteiger partial charge in [0.05, 0.1) is 19.8 Å². The average molecular weight is 790 g/mol. The van der Waals surface area contributed by atoms with Crippen molar-refractivity contribution in [2.75, 3.05) is 20.3 Å². The van der Waals surface area contributed by atoms with Crippen molar-refractivity contribution in [2.24, 2.45) is 5.11 Å². The van der Waals surface area contributed by atoms with E-state index in [-0.39, 0.29) is 13.2 Å². The minimum Gasteiger partial charge on any atom is -0.497 e. The predicted octanol–water partition coefficient (Wildman–Crippen LogP) is 3.81. The van der Waals surface area contributed by atoms with E-state index in [1.54, 1.807) is 24.3 Å². The van der Waals surface area contributed by atoms with Gasteiger partial charge in [0.25, 0.3) is 0 Å². The molecule has 2 heterocycles. The zero-order valence-corrected chi connectivity index (χ0v) is 31.8. The summed E-state index contributed by atoms with van der Waals surface area (Å²) in [6.07, 6.45) is -11.3. The van der Waals surface area contributed by atoms with E-state index in [4.69, 9.17) is 47.4 Å². The number of carbonyl (C=O) groups is 5. The second-order valence-electron chi connectivity index (χ2n) is 12.3. The fourth-order valence-electron chi connectivity index (χ4n) is 5.86. The lowest BCUT2D eigenvalue weighted by molar-refractivity contribution is -0.338. The highest BCUT2D eigenvalue weighted by molar-refractivity contribution is 7.99. The second-order valence-corrected chi connectivity index (χ2v) is 13.4. The van der Waals surface area contributed by atoms with Gasteiger partial charge in [0.2, 0.25) is 0 Å². The van der Waals surface area contributed by atoms with Crippen LogP contribution < -0.4 is 4.74 Å². The Morgan fingerprint density at radius 2 is 1.27 bits per heavy atom. The molecule has 18 nitrogen and oxygen atoms in total. The fourth-order valence-corrected chi connectivity index (χ4v) is 6.99. The lowest BCUT2D eigenvalue weighted by atomic mass is 9.95. The Labute approximate surface area is 320 Å². The number of esters is 5. The summed E-state index contributed by atoms with van der Waals surface area (Å²) in [5.41, 5.74) is 9.59. The summed E-state index contributed by atoms with van der Waals surface area (Å²) >= 11 is 1.23. The number of rotatable bonds is 16. The van der Waals surface area contributed by atoms with Crippen molar-refractivity contribution in [1.29, 1.82) is 0 Å². The van der Waals surface area contributed by atoms with Crippen molar-refractivity contribution in [3.05, 3.63) is 70.6 Å². The standard InChI is InChI=1S/C36H43N3O15S/c1-19(40)46-17-27-31(49-21(3)42)33(50-22(4)43)34(51-23(5)44)35(52-27)54-30-28(18-47-20(2)41)53-36(55-26-10-8-7-9-11-26)29(38-39-37)32(30)48-16-24-12-14-25(45-6)15-13-24/h7-15,27-36H,16-18H2,1-6H3/t27-,28-,29-,30-,31+,32-,33+,34-,35+,36-/m1/s1. The molecular formula is C36H43N3O15S. The quantitative estimate of drug-likeness (QED) is 0.0775. The molecule has 2 aromatic rings. The Hall–Kier alpha value is -4.91. The van der Waals surface area contributed by atoms with Crippen LogP contribution in [0.3, 0.4) is 0 Å². The minimum atomic E-state index is -1.67. The summed E-state index contributed by atoms with van der Waals surface area (Å²) in [5, 5.41) is 4.08. The maximum absolute atomic E-state index is 12.5. The Bertz CT molecular complexity index is 1680. The molecule has 0 spiro atoms. The third-order valence-electron chi connectivity index (χ3n) is 8.09. The molecule has 2 saturated heterocycles. The molecule has 2 aliphatic heterocycles. The molecule has 0 bridgehead atoms. The van der Waals surface area contributed by atoms with E-state index in [2.05, 4.69) is 10.0 Å². The van der Waals surface area contributed by atoms with Gasteiger partial charge in [0.1, 0.15) is 48.8 Å². The minimum absolute atomic E-state index is 0.0481. The van der Waals surface area contributed by atoms with Crippen LogP contribution in [0.1, 0.15) is 40.2 Å². The lowest BCUT2D eigenvalue weighted by Gasteiger charge is -2.48. The number of thioether (sulfide) groups is 1. The summed E-state index contributed by atoms with van der Waals surface area (Å²) in [5.74, 6) is -3.25. The van der Waals surface area contributed by atoms with E-state index >= 15 is 0 Å². The molecule has 0 saturated carbocycles. The summed E-state index contributed by atoms with van der Waals surface area (Å²) in [7, 11) is 1.53. The lowest BCUT2D eigenvalue weighted by Crippen LogP contribution is -2.66. The molecule has 2 fully saturated rings. The van der Waals surface area contributed by atoms with E-state index < -0.39 is 96.9 Å². The van der Waals surface area contributed by atoms with Gasteiger partial charge in [0.15, 0.2) is 24.6 Å². The second kappa shape index (κ2) is 20.7. The molecule has 0 amide bonds. The number of benzene rings is 2. The molecule has 0 radical (unpaired) electrons. The number of nitrogens with zero attached hydrogens (tertiary/aromatic N) is 3. The predicted molar refractivity (Wildman–Crippen MR) is 189 cm³/mol. The Morgan fingerprint density at radius 1 is 0.709 bits per heavy atom. The molecule has 298 valence electrons. The zero-order valence-electron chi connectivity index (χ0n) is 31.0. The van der Waals surface area contributed by atoms with Crippen molar-refractivity contribution in [1.82, 2.24) is 0 Å². The number of hydrogen-bond acceptors (Lipinski definition) is 17. The molecule has 4 rings (SSSR count). The van der Waals surface area contributed by atoms with E-state index in [1.807, 2.05) is 30.3 Å². The highest BCUT2D eigenvalue weighted by Crippen LogP contribution is 2.40. The number of hydrogen-bond donors (Lipinski definition) is 0. The molecule has 0 N–H and O–H groups in total. The van der Waals surface area contributed by atoms with Gasteiger partial charge in [-0.1, -0.05) is 47.2 Å². The number of methoxy groups -OCH3 is 1. The third-order valence-corrected chi connectivity index (χ3v) is 9.25. The van der Waals surface area contributed by atoms with Crippen molar-refractivity contribution in [3.8, 4) is 5.75 Å². The highest BCUT2D eigenvalue weighted by atomic mass is 32.2. The van der Waals surface area contributed by atoms with Crippen LogP contribution in [0, 0.1) is 0 Å². The van der Waals surface area contributed by atoms with E-state index in [0.717, 1.165) is 32.6 Å². The number of ether oxygens (including phenoxy) is 10. The fraction of sp³-hybridized carbons (Fsp3) is 0.528. The van der Waals surface area contributed by atoms with Gasteiger partial charge < -0.3 is 47.4 Å². The first-order valence-electron chi connectivity index (χ1n) is 17.0. The van der Waals surface area contributed by atoms with Crippen LogP contribution in [-0.4, -0.2) is 111 Å². The smallest absolute Gasteiger partial charge is 0.303 e. The molecule has 19 heteroatoms. The number of azide groups is 1. The van der Waals surface area contributed by atoms with Crippen molar-refractivity contribution in [2.45, 2.75) is 107 Å². The third kappa shape index (κ3) is 12.6. The Morgan fingerprint density at radius 3 is 1.82 bits per heavy atom. The van der Waals surface area contributed by atoms with Crippen LogP contribution in [0.4, 0.5) is 0 Å². The summed E-state index contributed by atoms with van der Waals surface area (Å²) in [6.45, 7) is 4.68. The SMILES string of the molecule is COc1ccc(CO[C@@H]2[C@@H](N=[N+]=[N-])[C@@H](Sc3ccccc3)O[C@H](COC(C)=O)[C@H]2O[C@@H]2O[C@H](COC(C)=O)[C@H](OC(C)=O)[C@H](OC(C)=O)[C@H]2OC(C)=O)cc1. The van der Waals surface area contributed by atoms with Gasteiger partial charge in [-0.15, -0.1) is 0 Å². The van der Waals surface area contributed by atoms with Gasteiger partial charge in [-0.05, 0) is 35.4 Å². The largest absolute Gasteiger partial charge is 0.497 e. The van der Waals surface area contributed by atoms with E-state index in [9.17, 15) is 29.5 Å². The van der Waals surface area contributed by atoms with Crippen LogP contribution in [0.15, 0.2) is 64.6 Å². The molecule has 2 aliphatic rings. The van der Waals surface area contributed by atoms with Gasteiger partial charge in [-0.25, -0.2) is 0 Å².